The third-order valence-electron chi connectivity index (χ3n) is 3.16. The van der Waals surface area contributed by atoms with Gasteiger partial charge in [-0.05, 0) is 24.3 Å². The number of hydrogen-bond acceptors (Lipinski definition) is 3. The van der Waals surface area contributed by atoms with Crippen molar-refractivity contribution >= 4 is 17.3 Å². The van der Waals surface area contributed by atoms with E-state index in [1.165, 1.54) is 0 Å². The van der Waals surface area contributed by atoms with Crippen LogP contribution in [0.1, 0.15) is 24.5 Å². The van der Waals surface area contributed by atoms with Crippen molar-refractivity contribution in [3.8, 4) is 10.7 Å². The van der Waals surface area contributed by atoms with Crippen molar-refractivity contribution in [2.45, 2.75) is 25.3 Å². The van der Waals surface area contributed by atoms with Crippen LogP contribution in [0.4, 0.5) is 0 Å². The lowest BCUT2D eigenvalue weighted by atomic mass is 9.96. The molecule has 4 nitrogen and oxygen atoms in total. The van der Waals surface area contributed by atoms with E-state index in [1.807, 2.05) is 22.1 Å². The minimum atomic E-state index is -0.747. The van der Waals surface area contributed by atoms with E-state index in [0.717, 1.165) is 29.4 Å². The number of fused-ring (bicyclic) bond motifs is 1. The molecule has 0 spiro atoms. The number of carbonyl (C=O) groups is 1. The standard InChI is InChI=1S/C12H12N2O2S/c15-12(16)8-3-1-5-14-9(8)7-13-11(14)10-4-2-6-17-10/h2,4,6-8H,1,3,5H2,(H,15,16). The normalized spacial score (nSPS) is 18.9. The summed E-state index contributed by atoms with van der Waals surface area (Å²) in [5, 5.41) is 11.2. The number of thiophene rings is 1. The van der Waals surface area contributed by atoms with Gasteiger partial charge in [0, 0.05) is 12.7 Å². The minimum absolute atomic E-state index is 0.398. The van der Waals surface area contributed by atoms with Gasteiger partial charge in [0.05, 0.1) is 16.5 Å². The summed E-state index contributed by atoms with van der Waals surface area (Å²) in [5.74, 6) is -0.241. The van der Waals surface area contributed by atoms with Gasteiger partial charge in [0.2, 0.25) is 0 Å². The molecule has 0 amide bonds. The van der Waals surface area contributed by atoms with Crippen LogP contribution in [0.25, 0.3) is 10.7 Å². The maximum absolute atomic E-state index is 11.2. The smallest absolute Gasteiger partial charge is 0.312 e. The van der Waals surface area contributed by atoms with E-state index in [1.54, 1.807) is 17.5 Å². The lowest BCUT2D eigenvalue weighted by Crippen LogP contribution is -2.21. The number of hydrogen-bond donors (Lipinski definition) is 1. The molecule has 1 atom stereocenters. The zero-order valence-corrected chi connectivity index (χ0v) is 9.98. The van der Waals surface area contributed by atoms with Crippen LogP contribution in [-0.2, 0) is 11.3 Å². The van der Waals surface area contributed by atoms with Crippen molar-refractivity contribution in [1.29, 1.82) is 0 Å². The van der Waals surface area contributed by atoms with Crippen LogP contribution >= 0.6 is 11.3 Å². The third-order valence-corrected chi connectivity index (χ3v) is 4.02. The van der Waals surface area contributed by atoms with Crippen molar-refractivity contribution in [2.75, 3.05) is 0 Å². The Morgan fingerprint density at radius 2 is 2.47 bits per heavy atom. The molecule has 5 heteroatoms. The van der Waals surface area contributed by atoms with Crippen LogP contribution in [0.5, 0.6) is 0 Å². The molecule has 0 bridgehead atoms. The molecule has 0 aliphatic carbocycles. The average molecular weight is 248 g/mol. The number of aliphatic carboxylic acids is 1. The van der Waals surface area contributed by atoms with E-state index >= 15 is 0 Å². The number of nitrogens with zero attached hydrogens (tertiary/aromatic N) is 2. The first-order valence-corrected chi connectivity index (χ1v) is 6.47. The summed E-state index contributed by atoms with van der Waals surface area (Å²) in [5.41, 5.74) is 0.840. The van der Waals surface area contributed by atoms with Crippen LogP contribution in [-0.4, -0.2) is 20.6 Å². The highest BCUT2D eigenvalue weighted by Gasteiger charge is 2.28. The largest absolute Gasteiger partial charge is 0.481 e. The van der Waals surface area contributed by atoms with E-state index in [4.69, 9.17) is 0 Å². The Labute approximate surface area is 103 Å². The van der Waals surface area contributed by atoms with Gasteiger partial charge in [-0.2, -0.15) is 0 Å². The van der Waals surface area contributed by atoms with Gasteiger partial charge in [0.25, 0.3) is 0 Å². The molecule has 1 N–H and O–H groups in total. The minimum Gasteiger partial charge on any atom is -0.481 e. The van der Waals surface area contributed by atoms with Crippen LogP contribution < -0.4 is 0 Å². The summed E-state index contributed by atoms with van der Waals surface area (Å²) >= 11 is 1.63. The summed E-state index contributed by atoms with van der Waals surface area (Å²) in [6, 6.07) is 4.00. The van der Waals surface area contributed by atoms with Gasteiger partial charge in [0.15, 0.2) is 0 Å². The molecular formula is C12H12N2O2S. The van der Waals surface area contributed by atoms with Gasteiger partial charge in [-0.1, -0.05) is 6.07 Å². The fraction of sp³-hybridized carbons (Fsp3) is 0.333. The van der Waals surface area contributed by atoms with E-state index in [0.29, 0.717) is 6.42 Å². The summed E-state index contributed by atoms with van der Waals surface area (Å²) in [7, 11) is 0. The molecule has 0 aromatic carbocycles. The van der Waals surface area contributed by atoms with E-state index < -0.39 is 11.9 Å². The first kappa shape index (κ1) is 10.5. The van der Waals surface area contributed by atoms with Crippen LogP contribution in [0.2, 0.25) is 0 Å². The Hall–Kier alpha value is -1.62. The van der Waals surface area contributed by atoms with Gasteiger partial charge < -0.3 is 9.67 Å². The third kappa shape index (κ3) is 1.67. The summed E-state index contributed by atoms with van der Waals surface area (Å²) in [6.45, 7) is 0.867. The number of carboxylic acid groups (broad SMARTS) is 1. The van der Waals surface area contributed by atoms with Crippen LogP contribution in [0.3, 0.4) is 0 Å². The van der Waals surface area contributed by atoms with Crippen LogP contribution in [0, 0.1) is 0 Å². The molecule has 1 aliphatic rings. The molecule has 3 heterocycles. The lowest BCUT2D eigenvalue weighted by molar-refractivity contribution is -0.139. The number of aromatic nitrogens is 2. The molecule has 2 aromatic rings. The van der Waals surface area contributed by atoms with Crippen molar-refractivity contribution < 1.29 is 9.90 Å². The van der Waals surface area contributed by atoms with Gasteiger partial charge in [-0.3, -0.25) is 4.79 Å². The molecule has 0 saturated heterocycles. The highest BCUT2D eigenvalue weighted by atomic mass is 32.1. The zero-order chi connectivity index (χ0) is 11.8. The summed E-state index contributed by atoms with van der Waals surface area (Å²) in [4.78, 5) is 16.7. The number of carboxylic acids is 1. The van der Waals surface area contributed by atoms with Crippen molar-refractivity contribution in [3.05, 3.63) is 29.4 Å². The zero-order valence-electron chi connectivity index (χ0n) is 9.17. The van der Waals surface area contributed by atoms with Gasteiger partial charge in [-0.15, -0.1) is 11.3 Å². The first-order chi connectivity index (χ1) is 8.27. The van der Waals surface area contributed by atoms with E-state index in [9.17, 15) is 9.90 Å². The molecule has 0 radical (unpaired) electrons. The Morgan fingerprint density at radius 1 is 1.59 bits per heavy atom. The van der Waals surface area contributed by atoms with Gasteiger partial charge in [0.1, 0.15) is 5.82 Å². The SMILES string of the molecule is O=C(O)C1CCCn2c1cnc2-c1cccs1. The Balaban J connectivity index is 2.08. The maximum Gasteiger partial charge on any atom is 0.312 e. The van der Waals surface area contributed by atoms with Gasteiger partial charge >= 0.3 is 5.97 Å². The summed E-state index contributed by atoms with van der Waals surface area (Å²) < 4.78 is 2.05. The van der Waals surface area contributed by atoms with Crippen molar-refractivity contribution in [3.63, 3.8) is 0 Å². The molecule has 3 rings (SSSR count). The molecule has 1 unspecified atom stereocenters. The predicted molar refractivity (Wildman–Crippen MR) is 65.2 cm³/mol. The van der Waals surface area contributed by atoms with Crippen LogP contribution in [0.15, 0.2) is 23.7 Å². The highest BCUT2D eigenvalue weighted by molar-refractivity contribution is 7.13. The fourth-order valence-electron chi connectivity index (χ4n) is 2.36. The van der Waals surface area contributed by atoms with Gasteiger partial charge in [-0.25, -0.2) is 4.98 Å². The monoisotopic (exact) mass is 248 g/mol. The Morgan fingerprint density at radius 3 is 3.18 bits per heavy atom. The fourth-order valence-corrected chi connectivity index (χ4v) is 3.09. The Bertz CT molecular complexity index is 545. The molecule has 0 saturated carbocycles. The molecule has 1 aliphatic heterocycles. The van der Waals surface area contributed by atoms with Crippen molar-refractivity contribution in [1.82, 2.24) is 9.55 Å². The molecule has 0 fully saturated rings. The second kappa shape index (κ2) is 4.00. The van der Waals surface area contributed by atoms with E-state index in [-0.39, 0.29) is 0 Å². The maximum atomic E-state index is 11.2. The quantitative estimate of drug-likeness (QED) is 0.888. The molecular weight excluding hydrogens is 236 g/mol. The molecule has 17 heavy (non-hydrogen) atoms. The molecule has 88 valence electrons. The first-order valence-electron chi connectivity index (χ1n) is 5.59. The lowest BCUT2D eigenvalue weighted by Gasteiger charge is -2.21. The Kier molecular flexibility index (Phi) is 2.48. The molecule has 2 aromatic heterocycles. The van der Waals surface area contributed by atoms with E-state index in [2.05, 4.69) is 4.98 Å². The summed E-state index contributed by atoms with van der Waals surface area (Å²) in [6.07, 6.45) is 3.33. The second-order valence-electron chi connectivity index (χ2n) is 4.17. The number of imidazole rings is 1. The topological polar surface area (TPSA) is 55.1 Å². The second-order valence-corrected chi connectivity index (χ2v) is 5.12. The van der Waals surface area contributed by atoms with Crippen molar-refractivity contribution in [2.24, 2.45) is 0 Å². The number of rotatable bonds is 2. The average Bonchev–Trinajstić information content (AvgIpc) is 2.96. The highest BCUT2D eigenvalue weighted by Crippen LogP contribution is 2.33. The predicted octanol–water partition coefficient (Wildman–Crippen LogP) is 2.57.